The van der Waals surface area contributed by atoms with Crippen molar-refractivity contribution in [3.8, 4) is 11.4 Å². The number of hydrogen-bond donors (Lipinski definition) is 4. The number of imidazole rings is 1. The highest BCUT2D eigenvalue weighted by molar-refractivity contribution is 5.84. The first kappa shape index (κ1) is 21.9. The van der Waals surface area contributed by atoms with Gasteiger partial charge < -0.3 is 30.7 Å². The molecule has 4 heterocycles. The van der Waals surface area contributed by atoms with Crippen molar-refractivity contribution in [1.82, 2.24) is 30.2 Å². The Morgan fingerprint density at radius 1 is 1.15 bits per heavy atom. The Balaban J connectivity index is 1.44. The summed E-state index contributed by atoms with van der Waals surface area (Å²) in [6.45, 7) is 9.29. The fraction of sp³-hybridized carbons (Fsp3) is 0.542. The lowest BCUT2D eigenvalue weighted by molar-refractivity contribution is 0.313. The Morgan fingerprint density at radius 2 is 2.03 bits per heavy atom. The monoisotopic (exact) mass is 449 g/mol. The van der Waals surface area contributed by atoms with Crippen molar-refractivity contribution < 1.29 is 0 Å². The molecule has 2 saturated heterocycles. The summed E-state index contributed by atoms with van der Waals surface area (Å²) in [5, 5.41) is 10.4. The molecule has 0 radical (unpaired) electrons. The fourth-order valence-electron chi connectivity index (χ4n) is 4.54. The molecule has 1 aromatic carbocycles. The first-order valence-corrected chi connectivity index (χ1v) is 12.2. The van der Waals surface area contributed by atoms with E-state index in [0.717, 1.165) is 86.9 Å². The summed E-state index contributed by atoms with van der Waals surface area (Å²) in [5.41, 5.74) is 4.15. The van der Waals surface area contributed by atoms with Gasteiger partial charge in [0.25, 0.3) is 0 Å². The third kappa shape index (κ3) is 5.04. The van der Waals surface area contributed by atoms with Crippen molar-refractivity contribution >= 4 is 28.5 Å². The lowest BCUT2D eigenvalue weighted by Crippen LogP contribution is -2.44. The molecular weight excluding hydrogens is 414 g/mol. The number of aromatic amines is 1. The first-order chi connectivity index (χ1) is 16.2. The van der Waals surface area contributed by atoms with Crippen molar-refractivity contribution in [1.29, 1.82) is 0 Å². The van der Waals surface area contributed by atoms with Gasteiger partial charge >= 0.3 is 0 Å². The van der Waals surface area contributed by atoms with Crippen LogP contribution < -0.4 is 20.9 Å². The zero-order valence-electron chi connectivity index (χ0n) is 19.7. The molecule has 2 aliphatic heterocycles. The van der Waals surface area contributed by atoms with Gasteiger partial charge in [0.2, 0.25) is 5.95 Å². The normalized spacial score (nSPS) is 19.7. The second kappa shape index (κ2) is 9.93. The molecule has 2 aromatic heterocycles. The number of aromatic nitrogens is 4. The maximum absolute atomic E-state index is 4.89. The minimum atomic E-state index is 0.347. The lowest BCUT2D eigenvalue weighted by Gasteiger charge is -2.34. The van der Waals surface area contributed by atoms with Crippen LogP contribution in [0.3, 0.4) is 0 Å². The van der Waals surface area contributed by atoms with Crippen LogP contribution in [-0.4, -0.2) is 83.7 Å². The molecule has 0 aliphatic carbocycles. The maximum Gasteiger partial charge on any atom is 0.224 e. The molecule has 9 heteroatoms. The zero-order valence-corrected chi connectivity index (χ0v) is 19.7. The predicted octanol–water partition coefficient (Wildman–Crippen LogP) is 2.76. The van der Waals surface area contributed by atoms with Crippen LogP contribution >= 0.6 is 0 Å². The highest BCUT2D eigenvalue weighted by atomic mass is 15.2. The molecule has 2 fully saturated rings. The molecule has 4 N–H and O–H groups in total. The Bertz CT molecular complexity index is 1060. The van der Waals surface area contributed by atoms with Crippen LogP contribution in [-0.2, 0) is 0 Å². The van der Waals surface area contributed by atoms with Gasteiger partial charge in [0.15, 0.2) is 0 Å². The molecule has 0 saturated carbocycles. The van der Waals surface area contributed by atoms with Crippen LogP contribution in [0, 0.1) is 0 Å². The van der Waals surface area contributed by atoms with E-state index < -0.39 is 0 Å². The van der Waals surface area contributed by atoms with E-state index >= 15 is 0 Å². The summed E-state index contributed by atoms with van der Waals surface area (Å²) in [5.74, 6) is 2.28. The maximum atomic E-state index is 4.89. The summed E-state index contributed by atoms with van der Waals surface area (Å²) < 4.78 is 0. The number of likely N-dealkylation sites (N-methyl/N-ethyl adjacent to an activating group) is 1. The molecule has 1 atom stereocenters. The van der Waals surface area contributed by atoms with Crippen molar-refractivity contribution in [2.45, 2.75) is 32.2 Å². The van der Waals surface area contributed by atoms with Gasteiger partial charge in [0.05, 0.1) is 16.6 Å². The van der Waals surface area contributed by atoms with Crippen LogP contribution in [0.25, 0.3) is 22.4 Å². The van der Waals surface area contributed by atoms with Crippen LogP contribution in [0.1, 0.15) is 26.2 Å². The van der Waals surface area contributed by atoms with Gasteiger partial charge in [0, 0.05) is 57.2 Å². The van der Waals surface area contributed by atoms with Crippen LogP contribution in [0.15, 0.2) is 24.4 Å². The quantitative estimate of drug-likeness (QED) is 0.437. The summed E-state index contributed by atoms with van der Waals surface area (Å²) in [7, 11) is 2.18. The number of H-pyrrole nitrogens is 1. The molecule has 0 unspecified atom stereocenters. The van der Waals surface area contributed by atoms with Crippen molar-refractivity contribution in [3.63, 3.8) is 0 Å². The number of piperazine rings is 1. The summed E-state index contributed by atoms with van der Waals surface area (Å²) in [6.07, 6.45) is 5.20. The van der Waals surface area contributed by atoms with Gasteiger partial charge in [-0.05, 0) is 51.1 Å². The van der Waals surface area contributed by atoms with E-state index in [-0.39, 0.29) is 0 Å². The lowest BCUT2D eigenvalue weighted by atomic mass is 10.1. The highest BCUT2D eigenvalue weighted by Crippen LogP contribution is 2.29. The molecule has 33 heavy (non-hydrogen) atoms. The van der Waals surface area contributed by atoms with Crippen molar-refractivity contribution in [2.24, 2.45) is 0 Å². The first-order valence-electron chi connectivity index (χ1n) is 12.2. The van der Waals surface area contributed by atoms with Crippen molar-refractivity contribution in [2.75, 3.05) is 68.4 Å². The summed E-state index contributed by atoms with van der Waals surface area (Å²) in [6, 6.07) is 6.85. The van der Waals surface area contributed by atoms with Gasteiger partial charge in [-0.2, -0.15) is 4.98 Å². The molecule has 176 valence electrons. The number of fused-ring (bicyclic) bond motifs is 1. The molecule has 0 bridgehead atoms. The minimum Gasteiger partial charge on any atom is -0.369 e. The van der Waals surface area contributed by atoms with Gasteiger partial charge in [-0.3, -0.25) is 0 Å². The van der Waals surface area contributed by atoms with Crippen molar-refractivity contribution in [3.05, 3.63) is 24.4 Å². The number of piperidine rings is 1. The Kier molecular flexibility index (Phi) is 6.59. The topological polar surface area (TPSA) is 97.0 Å². The average Bonchev–Trinajstić information content (AvgIpc) is 3.27. The average molecular weight is 450 g/mol. The zero-order chi connectivity index (χ0) is 22.6. The second-order valence-electron chi connectivity index (χ2n) is 9.15. The van der Waals surface area contributed by atoms with Crippen LogP contribution in [0.2, 0.25) is 0 Å². The number of benzene rings is 1. The number of anilines is 3. The SMILES string of the molecule is CCCNc1ncc(-c2nc3ccc(N4CCN(C)CC4)cc3[nH]2)c(N[C@H]2CCCNC2)n1. The number of nitrogens with one attached hydrogen (secondary N) is 4. The highest BCUT2D eigenvalue weighted by Gasteiger charge is 2.20. The number of hydrogen-bond acceptors (Lipinski definition) is 8. The Morgan fingerprint density at radius 3 is 2.82 bits per heavy atom. The van der Waals surface area contributed by atoms with E-state index in [1.807, 2.05) is 6.20 Å². The molecule has 3 aromatic rings. The summed E-state index contributed by atoms with van der Waals surface area (Å²) >= 11 is 0. The summed E-state index contributed by atoms with van der Waals surface area (Å²) in [4.78, 5) is 22.6. The largest absolute Gasteiger partial charge is 0.369 e. The van der Waals surface area contributed by atoms with E-state index in [1.165, 1.54) is 12.1 Å². The van der Waals surface area contributed by atoms with E-state index in [0.29, 0.717) is 12.0 Å². The van der Waals surface area contributed by atoms with Crippen LogP contribution in [0.4, 0.5) is 17.5 Å². The van der Waals surface area contributed by atoms with E-state index in [4.69, 9.17) is 9.97 Å². The molecule has 2 aliphatic rings. The molecular formula is C24H35N9. The van der Waals surface area contributed by atoms with E-state index in [1.54, 1.807) is 0 Å². The molecule has 0 amide bonds. The molecule has 0 spiro atoms. The minimum absolute atomic E-state index is 0.347. The second-order valence-corrected chi connectivity index (χ2v) is 9.15. The standard InChI is InChI=1S/C24H35N9/c1-3-8-26-24-27-16-19(22(31-24)28-17-5-4-9-25-15-17)23-29-20-7-6-18(14-21(20)30-23)33-12-10-32(2)11-13-33/h6-7,14,16-17,25H,3-5,8-13,15H2,1-2H3,(H,29,30)(H2,26,27,28,31)/t17-/m0/s1. The molecule has 5 rings (SSSR count). The van der Waals surface area contributed by atoms with Gasteiger partial charge in [-0.25, -0.2) is 9.97 Å². The number of rotatable bonds is 7. The van der Waals surface area contributed by atoms with Gasteiger partial charge in [-0.1, -0.05) is 6.92 Å². The third-order valence-corrected chi connectivity index (χ3v) is 6.55. The van der Waals surface area contributed by atoms with Gasteiger partial charge in [0.1, 0.15) is 11.6 Å². The number of nitrogens with zero attached hydrogens (tertiary/aromatic N) is 5. The van der Waals surface area contributed by atoms with Gasteiger partial charge in [-0.15, -0.1) is 0 Å². The fourth-order valence-corrected chi connectivity index (χ4v) is 4.54. The Hall–Kier alpha value is -2.91. The molecule has 9 nitrogen and oxygen atoms in total. The third-order valence-electron chi connectivity index (χ3n) is 6.55. The predicted molar refractivity (Wildman–Crippen MR) is 135 cm³/mol. The van der Waals surface area contributed by atoms with E-state index in [2.05, 4.69) is 67.9 Å². The van der Waals surface area contributed by atoms with Crippen LogP contribution in [0.5, 0.6) is 0 Å². The Labute approximate surface area is 195 Å². The van der Waals surface area contributed by atoms with E-state index in [9.17, 15) is 0 Å². The smallest absolute Gasteiger partial charge is 0.224 e.